The zero-order chi connectivity index (χ0) is 12.3. The second kappa shape index (κ2) is 4.98. The maximum Gasteiger partial charge on any atom is 0.379 e. The van der Waals surface area contributed by atoms with Crippen LogP contribution in [0.15, 0.2) is 16.6 Å². The van der Waals surface area contributed by atoms with E-state index in [0.29, 0.717) is 4.47 Å². The first-order valence-corrected chi connectivity index (χ1v) is 5.19. The second-order valence-electron chi connectivity index (χ2n) is 2.87. The molecule has 0 heterocycles. The van der Waals surface area contributed by atoms with Crippen molar-refractivity contribution in [2.45, 2.75) is 6.92 Å². The summed E-state index contributed by atoms with van der Waals surface area (Å²) in [6.45, 7) is 1.62. The fraction of sp³-hybridized carbons (Fsp3) is 0.200. The Hall–Kier alpha value is -1.56. The van der Waals surface area contributed by atoms with Gasteiger partial charge < -0.3 is 14.9 Å². The van der Waals surface area contributed by atoms with Crippen molar-refractivity contribution >= 4 is 27.7 Å². The third-order valence-electron chi connectivity index (χ3n) is 1.76. The Kier molecular flexibility index (Phi) is 3.89. The Morgan fingerprint density at radius 3 is 2.56 bits per heavy atom. The van der Waals surface area contributed by atoms with Gasteiger partial charge in [-0.15, -0.1) is 0 Å². The number of phenolic OH excluding ortho intramolecular Hbond substituents is 2. The van der Waals surface area contributed by atoms with Gasteiger partial charge in [-0.25, -0.2) is 4.79 Å². The summed E-state index contributed by atoms with van der Waals surface area (Å²) >= 11 is 3.03. The molecule has 16 heavy (non-hydrogen) atoms. The van der Waals surface area contributed by atoms with E-state index in [1.807, 2.05) is 0 Å². The van der Waals surface area contributed by atoms with Gasteiger partial charge in [0.15, 0.2) is 11.5 Å². The van der Waals surface area contributed by atoms with E-state index in [9.17, 15) is 19.8 Å². The number of Topliss-reactive ketones (excluding diaryl/α,β-unsaturated/α-hetero) is 1. The quantitative estimate of drug-likeness (QED) is 0.382. The molecule has 0 atom stereocenters. The summed E-state index contributed by atoms with van der Waals surface area (Å²) in [4.78, 5) is 22.6. The highest BCUT2D eigenvalue weighted by Crippen LogP contribution is 2.32. The zero-order valence-corrected chi connectivity index (χ0v) is 9.94. The van der Waals surface area contributed by atoms with Gasteiger partial charge in [0.2, 0.25) is 0 Å². The molecule has 0 aliphatic heterocycles. The molecular formula is C10H9BrO5. The standard InChI is InChI=1S/C10H9BrO5/c1-2-16-10(15)9(14)6-3-5(11)4-7(12)8(6)13/h3-4,12-13H,2H2,1H3. The number of halogens is 1. The lowest BCUT2D eigenvalue weighted by atomic mass is 10.1. The van der Waals surface area contributed by atoms with Crippen molar-refractivity contribution in [3.05, 3.63) is 22.2 Å². The first-order valence-electron chi connectivity index (χ1n) is 4.40. The second-order valence-corrected chi connectivity index (χ2v) is 3.79. The van der Waals surface area contributed by atoms with Crippen LogP contribution in [0, 0.1) is 0 Å². The molecule has 0 spiro atoms. The molecule has 0 saturated carbocycles. The van der Waals surface area contributed by atoms with E-state index in [-0.39, 0.29) is 12.2 Å². The highest BCUT2D eigenvalue weighted by atomic mass is 79.9. The molecule has 6 heteroatoms. The minimum absolute atomic E-state index is 0.0608. The van der Waals surface area contributed by atoms with Gasteiger partial charge in [0.25, 0.3) is 5.78 Å². The van der Waals surface area contributed by atoms with Crippen LogP contribution in [0.1, 0.15) is 17.3 Å². The van der Waals surface area contributed by atoms with Crippen molar-refractivity contribution < 1.29 is 24.5 Å². The maximum absolute atomic E-state index is 11.5. The molecule has 5 nitrogen and oxygen atoms in total. The SMILES string of the molecule is CCOC(=O)C(=O)c1cc(Br)cc(O)c1O. The molecule has 0 fully saturated rings. The minimum atomic E-state index is -1.07. The van der Waals surface area contributed by atoms with E-state index < -0.39 is 23.3 Å². The van der Waals surface area contributed by atoms with Crippen molar-refractivity contribution in [3.63, 3.8) is 0 Å². The van der Waals surface area contributed by atoms with Crippen LogP contribution in [0.5, 0.6) is 11.5 Å². The average molecular weight is 289 g/mol. The molecule has 0 aromatic heterocycles. The lowest BCUT2D eigenvalue weighted by Gasteiger charge is -2.05. The monoisotopic (exact) mass is 288 g/mol. The predicted octanol–water partition coefficient (Wildman–Crippen LogP) is 1.61. The van der Waals surface area contributed by atoms with Gasteiger partial charge in [0.1, 0.15) is 0 Å². The third-order valence-corrected chi connectivity index (χ3v) is 2.22. The number of hydrogen-bond donors (Lipinski definition) is 2. The largest absolute Gasteiger partial charge is 0.504 e. The van der Waals surface area contributed by atoms with Crippen LogP contribution in [0.25, 0.3) is 0 Å². The Bertz CT molecular complexity index is 441. The molecule has 0 amide bonds. The molecule has 0 radical (unpaired) electrons. The molecule has 1 aromatic rings. The fourth-order valence-corrected chi connectivity index (χ4v) is 1.51. The molecule has 0 saturated heterocycles. The maximum atomic E-state index is 11.5. The van der Waals surface area contributed by atoms with Crippen molar-refractivity contribution in [1.82, 2.24) is 0 Å². The molecular weight excluding hydrogens is 280 g/mol. The summed E-state index contributed by atoms with van der Waals surface area (Å²) in [6.07, 6.45) is 0. The Morgan fingerprint density at radius 1 is 1.38 bits per heavy atom. The third kappa shape index (κ3) is 2.52. The summed E-state index contributed by atoms with van der Waals surface area (Å²) in [7, 11) is 0. The number of ketones is 1. The fourth-order valence-electron chi connectivity index (χ4n) is 1.06. The zero-order valence-electron chi connectivity index (χ0n) is 8.36. The number of ether oxygens (including phenoxy) is 1. The van der Waals surface area contributed by atoms with Crippen LogP contribution < -0.4 is 0 Å². The van der Waals surface area contributed by atoms with Crippen LogP contribution in [0.3, 0.4) is 0 Å². The molecule has 86 valence electrons. The summed E-state index contributed by atoms with van der Waals surface area (Å²) in [5, 5.41) is 18.7. The number of carbonyl (C=O) groups excluding carboxylic acids is 2. The van der Waals surface area contributed by atoms with Crippen LogP contribution in [-0.2, 0) is 9.53 Å². The number of esters is 1. The van der Waals surface area contributed by atoms with Crippen molar-refractivity contribution in [2.24, 2.45) is 0 Å². The van der Waals surface area contributed by atoms with Gasteiger partial charge in [-0.05, 0) is 19.1 Å². The van der Waals surface area contributed by atoms with Crippen molar-refractivity contribution in [1.29, 1.82) is 0 Å². The number of hydrogen-bond acceptors (Lipinski definition) is 5. The van der Waals surface area contributed by atoms with Gasteiger partial charge in [-0.3, -0.25) is 4.79 Å². The summed E-state index contributed by atoms with van der Waals surface area (Å²) in [5.41, 5.74) is -0.301. The number of benzene rings is 1. The number of phenols is 2. The van der Waals surface area contributed by atoms with E-state index in [1.165, 1.54) is 12.1 Å². The first kappa shape index (κ1) is 12.5. The molecule has 2 N–H and O–H groups in total. The van der Waals surface area contributed by atoms with Crippen LogP contribution in [0.2, 0.25) is 0 Å². The molecule has 0 aliphatic rings. The average Bonchev–Trinajstić information content (AvgIpc) is 2.22. The molecule has 0 unspecified atom stereocenters. The smallest absolute Gasteiger partial charge is 0.379 e. The topological polar surface area (TPSA) is 83.8 Å². The van der Waals surface area contributed by atoms with E-state index in [2.05, 4.69) is 20.7 Å². The molecule has 1 rings (SSSR count). The van der Waals surface area contributed by atoms with E-state index in [0.717, 1.165) is 0 Å². The molecule has 0 bridgehead atoms. The van der Waals surface area contributed by atoms with Gasteiger partial charge in [0, 0.05) is 4.47 Å². The van der Waals surface area contributed by atoms with E-state index >= 15 is 0 Å². The molecule has 0 aliphatic carbocycles. The number of carbonyl (C=O) groups is 2. The lowest BCUT2D eigenvalue weighted by molar-refractivity contribution is -0.137. The minimum Gasteiger partial charge on any atom is -0.504 e. The predicted molar refractivity (Wildman–Crippen MR) is 58.4 cm³/mol. The Labute approximate surface area is 99.8 Å². The normalized spacial score (nSPS) is 9.88. The van der Waals surface area contributed by atoms with Gasteiger partial charge >= 0.3 is 5.97 Å². The van der Waals surface area contributed by atoms with E-state index in [1.54, 1.807) is 6.92 Å². The van der Waals surface area contributed by atoms with Gasteiger partial charge in [0.05, 0.1) is 12.2 Å². The molecule has 1 aromatic carbocycles. The summed E-state index contributed by atoms with van der Waals surface area (Å²) in [5.74, 6) is -3.20. The number of aromatic hydroxyl groups is 2. The van der Waals surface area contributed by atoms with Gasteiger partial charge in [-0.2, -0.15) is 0 Å². The Balaban J connectivity index is 3.13. The van der Waals surface area contributed by atoms with Crippen molar-refractivity contribution in [3.8, 4) is 11.5 Å². The van der Waals surface area contributed by atoms with Crippen LogP contribution in [-0.4, -0.2) is 28.6 Å². The van der Waals surface area contributed by atoms with E-state index in [4.69, 9.17) is 0 Å². The number of rotatable bonds is 3. The summed E-state index contributed by atoms with van der Waals surface area (Å²) in [6, 6.07) is 2.44. The highest BCUT2D eigenvalue weighted by molar-refractivity contribution is 9.10. The van der Waals surface area contributed by atoms with Gasteiger partial charge in [-0.1, -0.05) is 15.9 Å². The highest BCUT2D eigenvalue weighted by Gasteiger charge is 2.23. The van der Waals surface area contributed by atoms with Crippen LogP contribution in [0.4, 0.5) is 0 Å². The Morgan fingerprint density at radius 2 is 2.00 bits per heavy atom. The first-order chi connectivity index (χ1) is 7.47. The van der Waals surface area contributed by atoms with Crippen molar-refractivity contribution in [2.75, 3.05) is 6.61 Å². The van der Waals surface area contributed by atoms with Crippen LogP contribution >= 0.6 is 15.9 Å². The lowest BCUT2D eigenvalue weighted by Crippen LogP contribution is -2.17. The summed E-state index contributed by atoms with van der Waals surface area (Å²) < 4.78 is 4.87.